The first kappa shape index (κ1) is 13.2. The zero-order chi connectivity index (χ0) is 14.3. The fourth-order valence-electron chi connectivity index (χ4n) is 3.39. The van der Waals surface area contributed by atoms with E-state index in [9.17, 15) is 9.59 Å². The van der Waals surface area contributed by atoms with Crippen LogP contribution in [0.3, 0.4) is 0 Å². The highest BCUT2D eigenvalue weighted by Gasteiger charge is 2.47. The van der Waals surface area contributed by atoms with E-state index >= 15 is 0 Å². The van der Waals surface area contributed by atoms with Crippen molar-refractivity contribution < 1.29 is 9.59 Å². The molecule has 0 radical (unpaired) electrons. The van der Waals surface area contributed by atoms with Crippen molar-refractivity contribution in [1.29, 1.82) is 0 Å². The van der Waals surface area contributed by atoms with Crippen molar-refractivity contribution >= 4 is 23.0 Å². The Bertz CT molecular complexity index is 589. The highest BCUT2D eigenvalue weighted by atomic mass is 16.2. The lowest BCUT2D eigenvalue weighted by atomic mass is 9.81. The van der Waals surface area contributed by atoms with Crippen LogP contribution in [0.15, 0.2) is 23.2 Å². The van der Waals surface area contributed by atoms with Crippen molar-refractivity contribution in [3.63, 3.8) is 0 Å². The molecule has 3 heteroatoms. The summed E-state index contributed by atoms with van der Waals surface area (Å²) in [7, 11) is 0. The summed E-state index contributed by atoms with van der Waals surface area (Å²) >= 11 is 0. The van der Waals surface area contributed by atoms with Gasteiger partial charge in [0, 0.05) is 11.8 Å². The van der Waals surface area contributed by atoms with E-state index in [0.717, 1.165) is 42.5 Å². The van der Waals surface area contributed by atoms with Crippen LogP contribution >= 0.6 is 0 Å². The van der Waals surface area contributed by atoms with E-state index < -0.39 is 0 Å². The monoisotopic (exact) mass is 269 g/mol. The quantitative estimate of drug-likeness (QED) is 0.785. The number of Topliss-reactive ketones (excluding diaryl/α,β-unsaturated/α-hetero) is 2. The minimum Gasteiger partial charge on any atom is -0.292 e. The number of ketones is 2. The standard InChI is InChI=1S/C17H19NO2/c1-10-7-8-14(11(2)9-10)18-15-16(19)12-5-3-4-6-13(12)17(15)20/h7-9,12-13H,3-6H2,1-2H3. The van der Waals surface area contributed by atoms with Gasteiger partial charge in [0.05, 0.1) is 5.69 Å². The van der Waals surface area contributed by atoms with Gasteiger partial charge in [-0.05, 0) is 38.3 Å². The molecule has 0 aliphatic heterocycles. The molecule has 104 valence electrons. The van der Waals surface area contributed by atoms with E-state index in [1.807, 2.05) is 32.0 Å². The molecule has 2 fully saturated rings. The lowest BCUT2D eigenvalue weighted by Gasteiger charge is -2.20. The van der Waals surface area contributed by atoms with E-state index in [0.29, 0.717) is 0 Å². The predicted octanol–water partition coefficient (Wildman–Crippen LogP) is 3.33. The molecule has 0 spiro atoms. The van der Waals surface area contributed by atoms with E-state index in [2.05, 4.69) is 4.99 Å². The summed E-state index contributed by atoms with van der Waals surface area (Å²) in [5.74, 6) is -0.249. The van der Waals surface area contributed by atoms with Gasteiger partial charge in [0.25, 0.3) is 0 Å². The minimum absolute atomic E-state index is 0.0281. The van der Waals surface area contributed by atoms with Crippen molar-refractivity contribution in [3.05, 3.63) is 29.3 Å². The van der Waals surface area contributed by atoms with Gasteiger partial charge in [-0.2, -0.15) is 0 Å². The van der Waals surface area contributed by atoms with Crippen LogP contribution in [0.4, 0.5) is 5.69 Å². The van der Waals surface area contributed by atoms with Crippen LogP contribution < -0.4 is 0 Å². The number of hydrogen-bond donors (Lipinski definition) is 0. The fourth-order valence-corrected chi connectivity index (χ4v) is 3.39. The number of rotatable bonds is 1. The molecule has 0 amide bonds. The highest BCUT2D eigenvalue weighted by Crippen LogP contribution is 2.37. The molecule has 0 N–H and O–H groups in total. The Labute approximate surface area is 119 Å². The van der Waals surface area contributed by atoms with E-state index in [4.69, 9.17) is 0 Å². The molecule has 2 aliphatic carbocycles. The topological polar surface area (TPSA) is 46.5 Å². The molecule has 2 aliphatic rings. The number of benzene rings is 1. The molecule has 2 atom stereocenters. The summed E-state index contributed by atoms with van der Waals surface area (Å²) in [6, 6.07) is 5.87. The maximum absolute atomic E-state index is 12.4. The Balaban J connectivity index is 1.98. The molecular weight excluding hydrogens is 250 g/mol. The first-order chi connectivity index (χ1) is 9.58. The second-order valence-corrected chi connectivity index (χ2v) is 5.98. The van der Waals surface area contributed by atoms with Gasteiger partial charge in [-0.15, -0.1) is 0 Å². The molecule has 0 saturated heterocycles. The summed E-state index contributed by atoms with van der Waals surface area (Å²) in [5, 5.41) is 0. The fraction of sp³-hybridized carbons (Fsp3) is 0.471. The van der Waals surface area contributed by atoms with Crippen LogP contribution in [0.2, 0.25) is 0 Å². The third kappa shape index (κ3) is 2.11. The number of nitrogens with zero attached hydrogens (tertiary/aromatic N) is 1. The number of hydrogen-bond acceptors (Lipinski definition) is 3. The molecule has 20 heavy (non-hydrogen) atoms. The van der Waals surface area contributed by atoms with Gasteiger partial charge in [0.15, 0.2) is 17.3 Å². The lowest BCUT2D eigenvalue weighted by molar-refractivity contribution is -0.120. The Hall–Kier alpha value is -1.77. The van der Waals surface area contributed by atoms with Crippen molar-refractivity contribution in [2.24, 2.45) is 16.8 Å². The normalized spacial score (nSPS) is 25.8. The zero-order valence-electron chi connectivity index (χ0n) is 12.0. The van der Waals surface area contributed by atoms with E-state index in [-0.39, 0.29) is 29.1 Å². The maximum atomic E-state index is 12.4. The molecule has 0 aromatic heterocycles. The van der Waals surface area contributed by atoms with Crippen LogP contribution in [0, 0.1) is 25.7 Å². The molecule has 1 aromatic rings. The van der Waals surface area contributed by atoms with Gasteiger partial charge in [-0.25, -0.2) is 4.99 Å². The predicted molar refractivity (Wildman–Crippen MR) is 78.5 cm³/mol. The summed E-state index contributed by atoms with van der Waals surface area (Å²) < 4.78 is 0. The molecule has 1 aromatic carbocycles. The average Bonchev–Trinajstić information content (AvgIpc) is 2.67. The van der Waals surface area contributed by atoms with Crippen molar-refractivity contribution in [2.45, 2.75) is 39.5 Å². The zero-order valence-corrected chi connectivity index (χ0v) is 12.0. The Morgan fingerprint density at radius 3 is 2.15 bits per heavy atom. The van der Waals surface area contributed by atoms with Gasteiger partial charge in [0.1, 0.15) is 0 Å². The smallest absolute Gasteiger partial charge is 0.188 e. The Morgan fingerprint density at radius 2 is 1.60 bits per heavy atom. The molecule has 0 bridgehead atoms. The molecule has 3 rings (SSSR count). The number of aliphatic imine (C=N–C) groups is 1. The second kappa shape index (κ2) is 4.97. The molecule has 3 nitrogen and oxygen atoms in total. The van der Waals surface area contributed by atoms with Gasteiger partial charge >= 0.3 is 0 Å². The van der Waals surface area contributed by atoms with Crippen molar-refractivity contribution in [1.82, 2.24) is 0 Å². The first-order valence-corrected chi connectivity index (χ1v) is 7.32. The molecule has 0 heterocycles. The highest BCUT2D eigenvalue weighted by molar-refractivity contribution is 6.70. The van der Waals surface area contributed by atoms with E-state index in [1.54, 1.807) is 0 Å². The number of carbonyl (C=O) groups is 2. The Morgan fingerprint density at radius 1 is 1.00 bits per heavy atom. The van der Waals surface area contributed by atoms with Crippen LogP contribution in [0.1, 0.15) is 36.8 Å². The minimum atomic E-state index is -0.0965. The summed E-state index contributed by atoms with van der Waals surface area (Å²) in [6.45, 7) is 3.98. The lowest BCUT2D eigenvalue weighted by Crippen LogP contribution is -2.21. The van der Waals surface area contributed by atoms with Crippen molar-refractivity contribution in [3.8, 4) is 0 Å². The SMILES string of the molecule is Cc1ccc(N=C2C(=O)C3CCCCC3C2=O)c(C)c1. The molecule has 2 unspecified atom stereocenters. The summed E-state index contributed by atoms with van der Waals surface area (Å²) in [4.78, 5) is 29.2. The van der Waals surface area contributed by atoms with Crippen LogP contribution in [-0.4, -0.2) is 17.3 Å². The van der Waals surface area contributed by atoms with Gasteiger partial charge in [-0.1, -0.05) is 30.5 Å². The second-order valence-electron chi connectivity index (χ2n) is 5.98. The first-order valence-electron chi connectivity index (χ1n) is 7.32. The third-order valence-electron chi connectivity index (χ3n) is 4.49. The number of fused-ring (bicyclic) bond motifs is 1. The Kier molecular flexibility index (Phi) is 3.28. The number of aryl methyl sites for hydroxylation is 2. The van der Waals surface area contributed by atoms with Crippen LogP contribution in [0.25, 0.3) is 0 Å². The van der Waals surface area contributed by atoms with Gasteiger partial charge in [0.2, 0.25) is 0 Å². The van der Waals surface area contributed by atoms with Gasteiger partial charge < -0.3 is 0 Å². The average molecular weight is 269 g/mol. The largest absolute Gasteiger partial charge is 0.292 e. The van der Waals surface area contributed by atoms with Crippen molar-refractivity contribution in [2.75, 3.05) is 0 Å². The van der Waals surface area contributed by atoms with E-state index in [1.165, 1.54) is 0 Å². The third-order valence-corrected chi connectivity index (χ3v) is 4.49. The molecular formula is C17H19NO2. The molecule has 2 saturated carbocycles. The van der Waals surface area contributed by atoms with Gasteiger partial charge in [-0.3, -0.25) is 9.59 Å². The maximum Gasteiger partial charge on any atom is 0.188 e. The summed E-state index contributed by atoms with van der Waals surface area (Å²) in [5.41, 5.74) is 3.09. The summed E-state index contributed by atoms with van der Waals surface area (Å²) in [6.07, 6.45) is 3.80. The van der Waals surface area contributed by atoms with Crippen LogP contribution in [-0.2, 0) is 9.59 Å². The number of carbonyl (C=O) groups excluding carboxylic acids is 2. The van der Waals surface area contributed by atoms with Crippen LogP contribution in [0.5, 0.6) is 0 Å².